The maximum absolute atomic E-state index is 14.4. The second-order valence-corrected chi connectivity index (χ2v) is 7.01. The molecule has 3 aromatic carbocycles. The normalized spacial score (nSPS) is 11.3. The van der Waals surface area contributed by atoms with Gasteiger partial charge in [0, 0.05) is 23.5 Å². The Labute approximate surface area is 178 Å². The van der Waals surface area contributed by atoms with Crippen LogP contribution >= 0.6 is 0 Å². The van der Waals surface area contributed by atoms with Gasteiger partial charge in [0.15, 0.2) is 0 Å². The summed E-state index contributed by atoms with van der Waals surface area (Å²) in [5.41, 5.74) is 0.966. The number of aromatic hydroxyl groups is 1. The molecule has 1 aromatic heterocycles. The summed E-state index contributed by atoms with van der Waals surface area (Å²) in [7, 11) is 1.62. The summed E-state index contributed by atoms with van der Waals surface area (Å²) >= 11 is 0. The van der Waals surface area contributed by atoms with E-state index in [4.69, 9.17) is 4.74 Å². The van der Waals surface area contributed by atoms with Crippen molar-refractivity contribution in [2.75, 3.05) is 13.7 Å². The Hall–Kier alpha value is -3.93. The number of ether oxygens (including phenoxy) is 1. The highest BCUT2D eigenvalue weighted by Crippen LogP contribution is 2.26. The van der Waals surface area contributed by atoms with Gasteiger partial charge in [-0.25, -0.2) is 8.96 Å². The molecule has 0 bridgehead atoms. The van der Waals surface area contributed by atoms with Gasteiger partial charge in [0.2, 0.25) is 5.88 Å². The summed E-state index contributed by atoms with van der Waals surface area (Å²) in [6.07, 6.45) is 2.24. The summed E-state index contributed by atoms with van der Waals surface area (Å²) in [5.74, 6) is -0.154. The molecule has 1 N–H and O–H groups in total. The van der Waals surface area contributed by atoms with Crippen LogP contribution in [0.2, 0.25) is 0 Å². The number of para-hydroxylation sites is 1. The highest BCUT2D eigenvalue weighted by Gasteiger charge is 2.18. The second-order valence-electron chi connectivity index (χ2n) is 7.01. The molecule has 4 aromatic rings. The van der Waals surface area contributed by atoms with E-state index < -0.39 is 11.4 Å². The number of rotatable bonds is 6. The third-order valence-electron chi connectivity index (χ3n) is 5.11. The maximum Gasteiger partial charge on any atom is 0.265 e. The smallest absolute Gasteiger partial charge is 0.265 e. The van der Waals surface area contributed by atoms with Crippen molar-refractivity contribution in [3.8, 4) is 17.3 Å². The lowest BCUT2D eigenvalue weighted by atomic mass is 10.1. The fourth-order valence-electron chi connectivity index (χ4n) is 3.49. The summed E-state index contributed by atoms with van der Waals surface area (Å²) in [5, 5.41) is 11.8. The molecule has 0 saturated heterocycles. The Morgan fingerprint density at radius 2 is 1.68 bits per heavy atom. The minimum Gasteiger partial charge on any atom is -0.497 e. The number of methoxy groups -OCH3 is 1. The predicted octanol–water partition coefficient (Wildman–Crippen LogP) is 4.51. The molecule has 0 aliphatic heterocycles. The van der Waals surface area contributed by atoms with Crippen LogP contribution in [0.25, 0.3) is 16.5 Å². The number of aromatic nitrogens is 1. The van der Waals surface area contributed by atoms with Crippen LogP contribution in [-0.2, 0) is 6.42 Å². The molecule has 0 fully saturated rings. The molecule has 0 aliphatic carbocycles. The van der Waals surface area contributed by atoms with E-state index in [1.807, 2.05) is 24.3 Å². The van der Waals surface area contributed by atoms with Gasteiger partial charge in [-0.3, -0.25) is 9.79 Å². The molecular weight excluding hydrogens is 395 g/mol. The van der Waals surface area contributed by atoms with E-state index >= 15 is 0 Å². The number of nitrogens with zero attached hydrogens (tertiary/aromatic N) is 2. The largest absolute Gasteiger partial charge is 0.497 e. The average Bonchev–Trinajstić information content (AvgIpc) is 2.80. The van der Waals surface area contributed by atoms with Crippen LogP contribution in [0.4, 0.5) is 4.39 Å². The van der Waals surface area contributed by atoms with Gasteiger partial charge in [-0.15, -0.1) is 0 Å². The Morgan fingerprint density at radius 1 is 1.00 bits per heavy atom. The minimum atomic E-state index is -0.599. The van der Waals surface area contributed by atoms with E-state index in [0.717, 1.165) is 15.9 Å². The van der Waals surface area contributed by atoms with Gasteiger partial charge in [0.1, 0.15) is 11.6 Å². The first kappa shape index (κ1) is 20.3. The minimum absolute atomic E-state index is 0.0105. The molecule has 0 amide bonds. The number of hydrogen-bond donors (Lipinski definition) is 1. The summed E-state index contributed by atoms with van der Waals surface area (Å²) in [6, 6.07) is 20.5. The number of benzene rings is 3. The topological polar surface area (TPSA) is 63.8 Å². The SMILES string of the molecule is COc1ccc(CCN=Cc2c(O)n(-c3ccccc3F)c(=O)c3ccccc23)cc1. The predicted molar refractivity (Wildman–Crippen MR) is 120 cm³/mol. The lowest BCUT2D eigenvalue weighted by molar-refractivity contribution is 0.414. The molecule has 156 valence electrons. The number of hydrogen-bond acceptors (Lipinski definition) is 4. The molecule has 0 spiro atoms. The highest BCUT2D eigenvalue weighted by molar-refractivity contribution is 6.01. The van der Waals surface area contributed by atoms with Crippen molar-refractivity contribution in [3.63, 3.8) is 0 Å². The van der Waals surface area contributed by atoms with E-state index in [1.165, 1.54) is 24.4 Å². The quantitative estimate of drug-likeness (QED) is 0.471. The molecule has 31 heavy (non-hydrogen) atoms. The Balaban J connectivity index is 1.72. The Kier molecular flexibility index (Phi) is 5.80. The molecule has 0 radical (unpaired) electrons. The average molecular weight is 416 g/mol. The van der Waals surface area contributed by atoms with Crippen molar-refractivity contribution in [2.24, 2.45) is 4.99 Å². The van der Waals surface area contributed by atoms with Crippen LogP contribution in [0.1, 0.15) is 11.1 Å². The zero-order valence-electron chi connectivity index (χ0n) is 17.0. The first-order valence-electron chi connectivity index (χ1n) is 9.84. The van der Waals surface area contributed by atoms with Crippen molar-refractivity contribution >= 4 is 17.0 Å². The van der Waals surface area contributed by atoms with Crippen LogP contribution in [0.15, 0.2) is 82.6 Å². The number of aliphatic imine (C=N–C) groups is 1. The molecule has 0 unspecified atom stereocenters. The van der Waals surface area contributed by atoms with Crippen LogP contribution in [0.3, 0.4) is 0 Å². The van der Waals surface area contributed by atoms with Crippen molar-refractivity contribution in [1.82, 2.24) is 4.57 Å². The van der Waals surface area contributed by atoms with Crippen LogP contribution in [0.5, 0.6) is 11.6 Å². The Bertz CT molecular complexity index is 1310. The summed E-state index contributed by atoms with van der Waals surface area (Å²) in [6.45, 7) is 0.485. The number of halogens is 1. The highest BCUT2D eigenvalue weighted by atomic mass is 19.1. The van der Waals surface area contributed by atoms with Gasteiger partial charge in [0.05, 0.1) is 18.4 Å². The monoisotopic (exact) mass is 416 g/mol. The van der Waals surface area contributed by atoms with Crippen LogP contribution in [-0.4, -0.2) is 29.5 Å². The molecule has 0 aliphatic rings. The number of pyridine rings is 1. The lowest BCUT2D eigenvalue weighted by Gasteiger charge is -2.14. The van der Waals surface area contributed by atoms with Crippen molar-refractivity contribution in [3.05, 3.63) is 100 Å². The zero-order valence-corrected chi connectivity index (χ0v) is 17.0. The third-order valence-corrected chi connectivity index (χ3v) is 5.11. The molecule has 6 heteroatoms. The zero-order chi connectivity index (χ0) is 21.8. The van der Waals surface area contributed by atoms with Gasteiger partial charge in [-0.2, -0.15) is 0 Å². The van der Waals surface area contributed by atoms with Crippen LogP contribution in [0, 0.1) is 5.82 Å². The maximum atomic E-state index is 14.4. The van der Waals surface area contributed by atoms with Gasteiger partial charge < -0.3 is 9.84 Å². The molecule has 1 heterocycles. The van der Waals surface area contributed by atoms with E-state index in [9.17, 15) is 14.3 Å². The third kappa shape index (κ3) is 4.05. The standard InChI is InChI=1S/C25H21FN2O3/c1-31-18-12-10-17(11-13-18)14-15-27-16-21-19-6-2-3-7-20(19)24(29)28(25(21)30)23-9-5-4-8-22(23)26/h2-13,16,30H,14-15H2,1H3. The molecule has 4 rings (SSSR count). The molecular formula is C25H21FN2O3. The van der Waals surface area contributed by atoms with E-state index in [2.05, 4.69) is 4.99 Å². The van der Waals surface area contributed by atoms with Gasteiger partial charge in [0.25, 0.3) is 5.56 Å². The first-order chi connectivity index (χ1) is 15.1. The van der Waals surface area contributed by atoms with E-state index in [1.54, 1.807) is 37.4 Å². The first-order valence-corrected chi connectivity index (χ1v) is 9.84. The molecule has 0 atom stereocenters. The van der Waals surface area contributed by atoms with E-state index in [0.29, 0.717) is 29.3 Å². The van der Waals surface area contributed by atoms with E-state index in [-0.39, 0.29) is 11.6 Å². The van der Waals surface area contributed by atoms with Gasteiger partial charge in [-0.05, 0) is 42.3 Å². The second kappa shape index (κ2) is 8.83. The van der Waals surface area contributed by atoms with Crippen molar-refractivity contribution < 1.29 is 14.2 Å². The lowest BCUT2D eigenvalue weighted by Crippen LogP contribution is -2.21. The summed E-state index contributed by atoms with van der Waals surface area (Å²) in [4.78, 5) is 17.5. The summed E-state index contributed by atoms with van der Waals surface area (Å²) < 4.78 is 20.6. The fourth-order valence-corrected chi connectivity index (χ4v) is 3.49. The molecule has 0 saturated carbocycles. The van der Waals surface area contributed by atoms with Crippen molar-refractivity contribution in [2.45, 2.75) is 6.42 Å². The van der Waals surface area contributed by atoms with Crippen molar-refractivity contribution in [1.29, 1.82) is 0 Å². The Morgan fingerprint density at radius 3 is 2.39 bits per heavy atom. The van der Waals surface area contributed by atoms with Crippen LogP contribution < -0.4 is 10.3 Å². The number of fused-ring (bicyclic) bond motifs is 1. The van der Waals surface area contributed by atoms with Gasteiger partial charge >= 0.3 is 0 Å². The molecule has 5 nitrogen and oxygen atoms in total. The van der Waals surface area contributed by atoms with Gasteiger partial charge in [-0.1, -0.05) is 42.5 Å². The fraction of sp³-hybridized carbons (Fsp3) is 0.120.